The fourth-order valence-corrected chi connectivity index (χ4v) is 3.41. The standard InChI is InChI=1S/C17H20N2O4S/c20-12-11-18-17(21)16(13-14-7-3-1-4-8-14)19-24(22,23)15-9-5-2-6-10-15/h1-10,16,19-20H,11-13H2,(H,18,21)/t16-/m0/s1. The number of nitrogens with one attached hydrogen (secondary N) is 2. The number of benzene rings is 2. The van der Waals surface area contributed by atoms with Crippen LogP contribution in [0, 0.1) is 0 Å². The molecule has 0 aliphatic heterocycles. The van der Waals surface area contributed by atoms with Crippen molar-refractivity contribution in [2.24, 2.45) is 0 Å². The monoisotopic (exact) mass is 348 g/mol. The summed E-state index contributed by atoms with van der Waals surface area (Å²) in [5.41, 5.74) is 0.831. The first-order valence-electron chi connectivity index (χ1n) is 7.53. The summed E-state index contributed by atoms with van der Waals surface area (Å²) in [7, 11) is -3.82. The molecular weight excluding hydrogens is 328 g/mol. The lowest BCUT2D eigenvalue weighted by Gasteiger charge is -2.18. The number of hydrogen-bond donors (Lipinski definition) is 3. The van der Waals surface area contributed by atoms with E-state index in [2.05, 4.69) is 10.0 Å². The number of amides is 1. The van der Waals surface area contributed by atoms with Crippen molar-refractivity contribution in [3.8, 4) is 0 Å². The number of aliphatic hydroxyl groups excluding tert-OH is 1. The average Bonchev–Trinajstić information content (AvgIpc) is 2.60. The Labute approximate surface area is 141 Å². The maximum absolute atomic E-state index is 12.5. The molecule has 0 aromatic heterocycles. The molecule has 1 atom stereocenters. The number of carbonyl (C=O) groups is 1. The first-order chi connectivity index (χ1) is 11.5. The molecule has 0 unspecified atom stereocenters. The van der Waals surface area contributed by atoms with E-state index in [1.54, 1.807) is 18.2 Å². The van der Waals surface area contributed by atoms with Crippen molar-refractivity contribution in [3.05, 3.63) is 66.2 Å². The van der Waals surface area contributed by atoms with Crippen LogP contribution in [-0.4, -0.2) is 38.6 Å². The molecule has 3 N–H and O–H groups in total. The molecule has 24 heavy (non-hydrogen) atoms. The Morgan fingerprint density at radius 1 is 1.00 bits per heavy atom. The summed E-state index contributed by atoms with van der Waals surface area (Å²) in [5.74, 6) is -0.479. The minimum Gasteiger partial charge on any atom is -0.395 e. The number of sulfonamides is 1. The van der Waals surface area contributed by atoms with Crippen molar-refractivity contribution in [2.45, 2.75) is 17.4 Å². The molecule has 0 saturated carbocycles. The van der Waals surface area contributed by atoms with Crippen LogP contribution in [0.15, 0.2) is 65.6 Å². The van der Waals surface area contributed by atoms with Gasteiger partial charge in [0.25, 0.3) is 0 Å². The molecule has 128 valence electrons. The smallest absolute Gasteiger partial charge is 0.241 e. The number of hydrogen-bond acceptors (Lipinski definition) is 4. The molecule has 2 aromatic carbocycles. The molecule has 2 rings (SSSR count). The van der Waals surface area contributed by atoms with Crippen LogP contribution in [-0.2, 0) is 21.2 Å². The van der Waals surface area contributed by atoms with Crippen molar-refractivity contribution in [1.82, 2.24) is 10.0 Å². The summed E-state index contributed by atoms with van der Waals surface area (Å²) >= 11 is 0. The van der Waals surface area contributed by atoms with Crippen LogP contribution in [0.3, 0.4) is 0 Å². The van der Waals surface area contributed by atoms with Crippen LogP contribution in [0.2, 0.25) is 0 Å². The van der Waals surface area contributed by atoms with Gasteiger partial charge >= 0.3 is 0 Å². The van der Waals surface area contributed by atoms with E-state index in [0.717, 1.165) is 5.56 Å². The topological polar surface area (TPSA) is 95.5 Å². The van der Waals surface area contributed by atoms with E-state index >= 15 is 0 Å². The van der Waals surface area contributed by atoms with E-state index in [0.29, 0.717) is 0 Å². The first kappa shape index (κ1) is 18.1. The van der Waals surface area contributed by atoms with Crippen LogP contribution in [0.5, 0.6) is 0 Å². The second-order valence-corrected chi connectivity index (χ2v) is 6.91. The third-order valence-corrected chi connectivity index (χ3v) is 4.85. The van der Waals surface area contributed by atoms with Crippen molar-refractivity contribution in [2.75, 3.05) is 13.2 Å². The Hall–Kier alpha value is -2.22. The predicted octanol–water partition coefficient (Wildman–Crippen LogP) is 0.685. The lowest BCUT2D eigenvalue weighted by atomic mass is 10.1. The predicted molar refractivity (Wildman–Crippen MR) is 90.8 cm³/mol. The second-order valence-electron chi connectivity index (χ2n) is 5.19. The fourth-order valence-electron chi connectivity index (χ4n) is 2.19. The Morgan fingerprint density at radius 2 is 1.58 bits per heavy atom. The third-order valence-electron chi connectivity index (χ3n) is 3.36. The zero-order valence-corrected chi connectivity index (χ0v) is 13.9. The Balaban J connectivity index is 2.20. The lowest BCUT2D eigenvalue weighted by molar-refractivity contribution is -0.122. The van der Waals surface area contributed by atoms with Gasteiger partial charge in [-0.25, -0.2) is 8.42 Å². The molecule has 2 aromatic rings. The van der Waals surface area contributed by atoms with Crippen LogP contribution in [0.1, 0.15) is 5.56 Å². The van der Waals surface area contributed by atoms with Crippen molar-refractivity contribution >= 4 is 15.9 Å². The van der Waals surface area contributed by atoms with Crippen LogP contribution < -0.4 is 10.0 Å². The molecule has 0 aliphatic rings. The molecule has 0 aliphatic carbocycles. The molecule has 1 amide bonds. The number of rotatable bonds is 8. The number of carbonyl (C=O) groups excluding carboxylic acids is 1. The van der Waals surface area contributed by atoms with Gasteiger partial charge in [-0.3, -0.25) is 4.79 Å². The van der Waals surface area contributed by atoms with E-state index in [4.69, 9.17) is 5.11 Å². The second kappa shape index (κ2) is 8.58. The molecular formula is C17H20N2O4S. The van der Waals surface area contributed by atoms with Gasteiger partial charge in [-0.1, -0.05) is 48.5 Å². The Bertz CT molecular complexity index is 749. The molecule has 0 spiro atoms. The van der Waals surface area contributed by atoms with Crippen molar-refractivity contribution in [1.29, 1.82) is 0 Å². The molecule has 6 nitrogen and oxygen atoms in total. The van der Waals surface area contributed by atoms with E-state index in [9.17, 15) is 13.2 Å². The van der Waals surface area contributed by atoms with Crippen LogP contribution in [0.25, 0.3) is 0 Å². The highest BCUT2D eigenvalue weighted by molar-refractivity contribution is 7.89. The minimum atomic E-state index is -3.82. The zero-order chi connectivity index (χ0) is 17.4. The SMILES string of the molecule is O=C(NCCO)[C@H](Cc1ccccc1)NS(=O)(=O)c1ccccc1. The summed E-state index contributed by atoms with van der Waals surface area (Å²) in [6.45, 7) is -0.146. The molecule has 0 radical (unpaired) electrons. The molecule has 0 bridgehead atoms. The van der Waals surface area contributed by atoms with E-state index in [-0.39, 0.29) is 24.5 Å². The Kier molecular flexibility index (Phi) is 6.48. The zero-order valence-electron chi connectivity index (χ0n) is 13.1. The summed E-state index contributed by atoms with van der Waals surface area (Å²) in [5, 5.41) is 11.4. The van der Waals surface area contributed by atoms with Gasteiger partial charge in [-0.05, 0) is 24.1 Å². The molecule has 0 saturated heterocycles. The van der Waals surface area contributed by atoms with Gasteiger partial charge in [0, 0.05) is 6.54 Å². The Morgan fingerprint density at radius 3 is 2.17 bits per heavy atom. The molecule has 0 fully saturated rings. The average molecular weight is 348 g/mol. The van der Waals surface area contributed by atoms with Crippen LogP contribution >= 0.6 is 0 Å². The van der Waals surface area contributed by atoms with Crippen molar-refractivity contribution in [3.63, 3.8) is 0 Å². The van der Waals surface area contributed by atoms with Gasteiger partial charge in [0.1, 0.15) is 6.04 Å². The van der Waals surface area contributed by atoms with Gasteiger partial charge in [0.2, 0.25) is 15.9 Å². The van der Waals surface area contributed by atoms with E-state index in [1.807, 2.05) is 30.3 Å². The first-order valence-corrected chi connectivity index (χ1v) is 9.01. The largest absolute Gasteiger partial charge is 0.395 e. The summed E-state index contributed by atoms with van der Waals surface area (Å²) in [6.07, 6.45) is 0.212. The van der Waals surface area contributed by atoms with E-state index < -0.39 is 22.0 Å². The fraction of sp³-hybridized carbons (Fsp3) is 0.235. The maximum Gasteiger partial charge on any atom is 0.241 e. The normalized spacial score (nSPS) is 12.5. The van der Waals surface area contributed by atoms with E-state index in [1.165, 1.54) is 12.1 Å². The van der Waals surface area contributed by atoms with Gasteiger partial charge < -0.3 is 10.4 Å². The summed E-state index contributed by atoms with van der Waals surface area (Å²) in [6, 6.07) is 16.1. The van der Waals surface area contributed by atoms with Gasteiger partial charge in [-0.15, -0.1) is 0 Å². The molecule has 7 heteroatoms. The van der Waals surface area contributed by atoms with Crippen molar-refractivity contribution < 1.29 is 18.3 Å². The number of aliphatic hydroxyl groups is 1. The van der Waals surface area contributed by atoms with Gasteiger partial charge in [0.15, 0.2) is 0 Å². The third kappa shape index (κ3) is 5.16. The molecule has 0 heterocycles. The van der Waals surface area contributed by atoms with Crippen LogP contribution in [0.4, 0.5) is 0 Å². The highest BCUT2D eigenvalue weighted by atomic mass is 32.2. The quantitative estimate of drug-likeness (QED) is 0.654. The van der Waals surface area contributed by atoms with Gasteiger partial charge in [-0.2, -0.15) is 4.72 Å². The summed E-state index contributed by atoms with van der Waals surface area (Å²) in [4.78, 5) is 12.4. The maximum atomic E-state index is 12.5. The summed E-state index contributed by atoms with van der Waals surface area (Å²) < 4.78 is 27.4. The lowest BCUT2D eigenvalue weighted by Crippen LogP contribution is -2.48. The highest BCUT2D eigenvalue weighted by Crippen LogP contribution is 2.11. The van der Waals surface area contributed by atoms with Gasteiger partial charge in [0.05, 0.1) is 11.5 Å². The minimum absolute atomic E-state index is 0.0667. The highest BCUT2D eigenvalue weighted by Gasteiger charge is 2.25.